The summed E-state index contributed by atoms with van der Waals surface area (Å²) in [4.78, 5) is 11.4. The topological polar surface area (TPSA) is 26.3 Å². The zero-order chi connectivity index (χ0) is 8.13. The Morgan fingerprint density at radius 1 is 1.00 bits per heavy atom. The van der Waals surface area contributed by atoms with E-state index in [1.807, 2.05) is 0 Å². The average Bonchev–Trinajstić information content (AvgIpc) is 2.16. The van der Waals surface area contributed by atoms with E-state index < -0.39 is 0 Å². The maximum Gasteiger partial charge on any atom is 0.309 e. The summed E-state index contributed by atoms with van der Waals surface area (Å²) in [5.41, 5.74) is 0. The molecule has 2 saturated carbocycles. The van der Waals surface area contributed by atoms with Gasteiger partial charge in [-0.3, -0.25) is 4.79 Å². The Hall–Kier alpha value is -0.530. The molecule has 4 rings (SSSR count). The molecule has 2 nitrogen and oxygen atoms in total. The van der Waals surface area contributed by atoms with Crippen LogP contribution in [0.15, 0.2) is 0 Å². The fourth-order valence-electron chi connectivity index (χ4n) is 3.34. The normalized spacial score (nSPS) is 50.5. The van der Waals surface area contributed by atoms with Crippen LogP contribution in [0, 0.1) is 17.8 Å². The molecular weight excluding hydrogens is 152 g/mol. The molecule has 2 heteroatoms. The lowest BCUT2D eigenvalue weighted by Gasteiger charge is -2.35. The molecule has 0 amide bonds. The van der Waals surface area contributed by atoms with Crippen LogP contribution in [0.3, 0.4) is 0 Å². The van der Waals surface area contributed by atoms with E-state index in [9.17, 15) is 4.79 Å². The van der Waals surface area contributed by atoms with Crippen molar-refractivity contribution >= 4 is 5.97 Å². The Morgan fingerprint density at radius 2 is 1.67 bits per heavy atom. The van der Waals surface area contributed by atoms with Crippen molar-refractivity contribution in [1.29, 1.82) is 0 Å². The van der Waals surface area contributed by atoms with Crippen molar-refractivity contribution in [2.45, 2.75) is 38.2 Å². The van der Waals surface area contributed by atoms with Crippen LogP contribution in [-0.4, -0.2) is 12.1 Å². The Morgan fingerprint density at radius 3 is 2.33 bits per heavy atom. The van der Waals surface area contributed by atoms with Gasteiger partial charge in [-0.05, 0) is 43.9 Å². The number of carbonyl (C=O) groups is 1. The van der Waals surface area contributed by atoms with Gasteiger partial charge in [0.15, 0.2) is 0 Å². The molecule has 2 aliphatic carbocycles. The largest absolute Gasteiger partial charge is 0.462 e. The molecule has 0 aromatic heterocycles. The van der Waals surface area contributed by atoms with E-state index in [4.69, 9.17) is 4.74 Å². The minimum absolute atomic E-state index is 0.102. The molecule has 12 heavy (non-hydrogen) atoms. The average molecular weight is 166 g/mol. The maximum atomic E-state index is 11.4. The quantitative estimate of drug-likeness (QED) is 0.512. The Kier molecular flexibility index (Phi) is 1.29. The number of hydrogen-bond donors (Lipinski definition) is 0. The van der Waals surface area contributed by atoms with Gasteiger partial charge in [-0.2, -0.15) is 0 Å². The highest BCUT2D eigenvalue weighted by molar-refractivity contribution is 5.73. The molecular formula is C10H14O2. The van der Waals surface area contributed by atoms with Crippen molar-refractivity contribution in [3.05, 3.63) is 0 Å². The number of esters is 1. The summed E-state index contributed by atoms with van der Waals surface area (Å²) in [6.45, 7) is 0. The van der Waals surface area contributed by atoms with E-state index in [0.29, 0.717) is 0 Å². The first-order chi connectivity index (χ1) is 5.81. The van der Waals surface area contributed by atoms with Crippen LogP contribution in [0.2, 0.25) is 0 Å². The van der Waals surface area contributed by atoms with Gasteiger partial charge in [-0.1, -0.05) is 0 Å². The Bertz CT molecular complexity index is 210. The summed E-state index contributed by atoms with van der Waals surface area (Å²) in [5.74, 6) is 1.98. The zero-order valence-corrected chi connectivity index (χ0v) is 7.16. The second-order valence-corrected chi connectivity index (χ2v) is 4.67. The standard InChI is InChI=1S/C10H14O2/c11-10-8-2-6-1-7(3-8)5-9(4-6)12-10/h6-9H,1-5H2/t6-,7+,8?,9?. The fourth-order valence-corrected chi connectivity index (χ4v) is 3.34. The second kappa shape index (κ2) is 2.24. The molecule has 2 unspecified atom stereocenters. The van der Waals surface area contributed by atoms with Gasteiger partial charge in [0.25, 0.3) is 0 Å². The Labute approximate surface area is 72.3 Å². The lowest BCUT2D eigenvalue weighted by atomic mass is 9.68. The zero-order valence-electron chi connectivity index (χ0n) is 7.16. The minimum Gasteiger partial charge on any atom is -0.462 e. The Balaban J connectivity index is 1.95. The van der Waals surface area contributed by atoms with Gasteiger partial charge in [0.05, 0.1) is 5.92 Å². The van der Waals surface area contributed by atoms with Gasteiger partial charge in [0.2, 0.25) is 0 Å². The first-order valence-corrected chi connectivity index (χ1v) is 5.02. The second-order valence-electron chi connectivity index (χ2n) is 4.67. The molecule has 4 bridgehead atoms. The highest BCUT2D eigenvalue weighted by Gasteiger charge is 2.44. The van der Waals surface area contributed by atoms with Crippen LogP contribution in [0.1, 0.15) is 32.1 Å². The van der Waals surface area contributed by atoms with Gasteiger partial charge in [0, 0.05) is 0 Å². The van der Waals surface area contributed by atoms with E-state index in [2.05, 4.69) is 0 Å². The molecule has 0 aromatic carbocycles. The molecule has 4 fully saturated rings. The van der Waals surface area contributed by atoms with E-state index in [1.54, 1.807) is 0 Å². The molecule has 0 spiro atoms. The first kappa shape index (κ1) is 6.93. The molecule has 0 radical (unpaired) electrons. The molecule has 2 heterocycles. The van der Waals surface area contributed by atoms with E-state index in [-0.39, 0.29) is 18.0 Å². The smallest absolute Gasteiger partial charge is 0.309 e. The van der Waals surface area contributed by atoms with Crippen molar-refractivity contribution in [2.24, 2.45) is 17.8 Å². The van der Waals surface area contributed by atoms with Crippen LogP contribution in [0.4, 0.5) is 0 Å². The molecule has 4 atom stereocenters. The van der Waals surface area contributed by atoms with Crippen molar-refractivity contribution in [3.63, 3.8) is 0 Å². The minimum atomic E-state index is 0.102. The van der Waals surface area contributed by atoms with Crippen molar-refractivity contribution < 1.29 is 9.53 Å². The van der Waals surface area contributed by atoms with Crippen molar-refractivity contribution in [3.8, 4) is 0 Å². The van der Waals surface area contributed by atoms with E-state index >= 15 is 0 Å². The van der Waals surface area contributed by atoms with Gasteiger partial charge < -0.3 is 4.74 Å². The summed E-state index contributed by atoms with van der Waals surface area (Å²) >= 11 is 0. The first-order valence-electron chi connectivity index (χ1n) is 5.02. The van der Waals surface area contributed by atoms with Gasteiger partial charge in [-0.15, -0.1) is 0 Å². The molecule has 2 aliphatic heterocycles. The van der Waals surface area contributed by atoms with Gasteiger partial charge in [-0.25, -0.2) is 0 Å². The number of hydrogen-bond acceptors (Lipinski definition) is 2. The number of rotatable bonds is 0. The summed E-state index contributed by atoms with van der Waals surface area (Å²) in [5, 5.41) is 0. The molecule has 66 valence electrons. The molecule has 4 aliphatic rings. The summed E-state index contributed by atoms with van der Waals surface area (Å²) < 4.78 is 5.40. The van der Waals surface area contributed by atoms with E-state index in [0.717, 1.165) is 37.5 Å². The van der Waals surface area contributed by atoms with Crippen LogP contribution in [0.25, 0.3) is 0 Å². The number of fused-ring (bicyclic) bond motifs is 1. The third-order valence-electron chi connectivity index (χ3n) is 3.71. The molecule has 2 saturated heterocycles. The van der Waals surface area contributed by atoms with Gasteiger partial charge in [0.1, 0.15) is 6.10 Å². The molecule has 0 aromatic rings. The number of carbonyl (C=O) groups excluding carboxylic acids is 1. The predicted molar refractivity (Wildman–Crippen MR) is 43.4 cm³/mol. The SMILES string of the molecule is O=C1OC2C[C@@H]3CC1C[C@H](C2)C3. The number of ether oxygens (including phenoxy) is 1. The third-order valence-corrected chi connectivity index (χ3v) is 3.71. The summed E-state index contributed by atoms with van der Waals surface area (Å²) in [6.07, 6.45) is 6.19. The fraction of sp³-hybridized carbons (Fsp3) is 0.900. The van der Waals surface area contributed by atoms with Gasteiger partial charge >= 0.3 is 5.97 Å². The van der Waals surface area contributed by atoms with Crippen molar-refractivity contribution in [2.75, 3.05) is 0 Å². The highest BCUT2D eigenvalue weighted by atomic mass is 16.5. The third kappa shape index (κ3) is 0.900. The van der Waals surface area contributed by atoms with Crippen LogP contribution >= 0.6 is 0 Å². The summed E-state index contributed by atoms with van der Waals surface area (Å²) in [6, 6.07) is 0. The lowest BCUT2D eigenvalue weighted by Crippen LogP contribution is -2.29. The van der Waals surface area contributed by atoms with E-state index in [1.165, 1.54) is 6.42 Å². The maximum absolute atomic E-state index is 11.4. The van der Waals surface area contributed by atoms with Crippen LogP contribution in [0.5, 0.6) is 0 Å². The van der Waals surface area contributed by atoms with Crippen molar-refractivity contribution in [1.82, 2.24) is 0 Å². The molecule has 0 N–H and O–H groups in total. The monoisotopic (exact) mass is 166 g/mol. The lowest BCUT2D eigenvalue weighted by molar-refractivity contribution is -0.151. The van der Waals surface area contributed by atoms with Crippen LogP contribution in [-0.2, 0) is 9.53 Å². The predicted octanol–water partition coefficient (Wildman–Crippen LogP) is 1.74. The van der Waals surface area contributed by atoms with Crippen LogP contribution < -0.4 is 0 Å². The summed E-state index contributed by atoms with van der Waals surface area (Å²) in [7, 11) is 0. The highest BCUT2D eigenvalue weighted by Crippen LogP contribution is 2.46.